The maximum atomic E-state index is 5.76. The number of ether oxygens (including phenoxy) is 2. The van der Waals surface area contributed by atoms with E-state index in [0.29, 0.717) is 6.54 Å². The van der Waals surface area contributed by atoms with Gasteiger partial charge in [0.25, 0.3) is 0 Å². The van der Waals surface area contributed by atoms with Gasteiger partial charge in [-0.15, -0.1) is 0 Å². The van der Waals surface area contributed by atoms with E-state index in [0.717, 1.165) is 17.1 Å². The molecule has 0 aromatic heterocycles. The van der Waals surface area contributed by atoms with Gasteiger partial charge in [0.05, 0.1) is 20.8 Å². The third kappa shape index (κ3) is 6.09. The molecule has 0 bridgehead atoms. The maximum Gasteiger partial charge on any atom is 0.127 e. The quantitative estimate of drug-likeness (QED) is 0.551. The van der Waals surface area contributed by atoms with E-state index in [1.807, 2.05) is 30.5 Å². The fraction of sp³-hybridized carbons (Fsp3) is 0.550. The fourth-order valence-electron chi connectivity index (χ4n) is 2.24. The lowest BCUT2D eigenvalue weighted by Gasteiger charge is -2.25. The third-order valence-electron chi connectivity index (χ3n) is 3.44. The molecule has 3 nitrogen and oxygen atoms in total. The van der Waals surface area contributed by atoms with E-state index >= 15 is 0 Å². The Balaban J connectivity index is 3.32. The van der Waals surface area contributed by atoms with Gasteiger partial charge in [0.1, 0.15) is 11.5 Å². The first-order chi connectivity index (χ1) is 10.6. The van der Waals surface area contributed by atoms with E-state index < -0.39 is 0 Å². The Labute approximate surface area is 141 Å². The molecule has 1 rings (SSSR count). The molecule has 0 aliphatic rings. The minimum absolute atomic E-state index is 0.0381. The third-order valence-corrected chi connectivity index (χ3v) is 3.44. The second-order valence-electron chi connectivity index (χ2n) is 7.83. The lowest BCUT2D eigenvalue weighted by Crippen LogP contribution is -2.16. The van der Waals surface area contributed by atoms with Crippen molar-refractivity contribution in [3.8, 4) is 5.75 Å². The summed E-state index contributed by atoms with van der Waals surface area (Å²) in [5.74, 6) is 1.70. The van der Waals surface area contributed by atoms with Gasteiger partial charge >= 0.3 is 0 Å². The van der Waals surface area contributed by atoms with Gasteiger partial charge in [0.2, 0.25) is 0 Å². The molecule has 0 aliphatic heterocycles. The van der Waals surface area contributed by atoms with Gasteiger partial charge in [-0.1, -0.05) is 53.7 Å². The number of methoxy groups -OCH3 is 2. The van der Waals surface area contributed by atoms with Crippen LogP contribution in [0.25, 0.3) is 5.76 Å². The monoisotopic (exact) mass is 317 g/mol. The largest absolute Gasteiger partial charge is 0.497 e. The molecule has 3 heteroatoms. The summed E-state index contributed by atoms with van der Waals surface area (Å²) in [7, 11) is 3.39. The van der Waals surface area contributed by atoms with E-state index in [1.54, 1.807) is 14.2 Å². The number of nitrogens with zero attached hydrogens (tertiary/aromatic N) is 1. The van der Waals surface area contributed by atoms with E-state index in [-0.39, 0.29) is 10.8 Å². The summed E-state index contributed by atoms with van der Waals surface area (Å²) in [6, 6.07) is 7.95. The van der Waals surface area contributed by atoms with Crippen molar-refractivity contribution in [1.82, 2.24) is 0 Å². The van der Waals surface area contributed by atoms with Crippen LogP contribution in [0.15, 0.2) is 34.8 Å². The number of rotatable bonds is 5. The summed E-state index contributed by atoms with van der Waals surface area (Å²) in [4.78, 5) is 4.65. The van der Waals surface area contributed by atoms with Gasteiger partial charge in [0, 0.05) is 11.8 Å². The average Bonchev–Trinajstić information content (AvgIpc) is 2.44. The van der Waals surface area contributed by atoms with Gasteiger partial charge in [-0.2, -0.15) is 0 Å². The van der Waals surface area contributed by atoms with Gasteiger partial charge in [0.15, 0.2) is 0 Å². The van der Waals surface area contributed by atoms with Gasteiger partial charge in [-0.25, -0.2) is 0 Å². The Bertz CT molecular complexity index is 572. The highest BCUT2D eigenvalue weighted by Crippen LogP contribution is 2.34. The van der Waals surface area contributed by atoms with Crippen LogP contribution in [-0.4, -0.2) is 27.0 Å². The molecular weight excluding hydrogens is 286 g/mol. The van der Waals surface area contributed by atoms with Crippen LogP contribution < -0.4 is 4.74 Å². The summed E-state index contributed by atoms with van der Waals surface area (Å²) in [6.07, 6.45) is 2.01. The van der Waals surface area contributed by atoms with Crippen molar-refractivity contribution in [2.75, 3.05) is 20.8 Å². The van der Waals surface area contributed by atoms with Gasteiger partial charge < -0.3 is 9.47 Å². The Kier molecular flexibility index (Phi) is 6.43. The summed E-state index contributed by atoms with van der Waals surface area (Å²) in [5, 5.41) is 0. The van der Waals surface area contributed by atoms with Crippen molar-refractivity contribution in [3.63, 3.8) is 0 Å². The van der Waals surface area contributed by atoms with Crippen molar-refractivity contribution in [1.29, 1.82) is 0 Å². The molecule has 0 N–H and O–H groups in total. The lowest BCUT2D eigenvalue weighted by atomic mass is 9.84. The Hall–Kier alpha value is -1.77. The standard InChI is InChI=1S/C20H31NO2/c1-19(2,3)14-21-13-17(20(4,5)6)18(23-8)15-10-9-11-16(12-15)22-7/h9-12,14H,13H2,1-8H3/b18-17-,21-14?. The topological polar surface area (TPSA) is 30.8 Å². The van der Waals surface area contributed by atoms with Crippen LogP contribution >= 0.6 is 0 Å². The van der Waals surface area contributed by atoms with Crippen LogP contribution in [-0.2, 0) is 4.74 Å². The number of aliphatic imine (C=N–C) groups is 1. The molecule has 0 saturated carbocycles. The summed E-state index contributed by atoms with van der Waals surface area (Å²) in [5.41, 5.74) is 2.23. The molecule has 0 aliphatic carbocycles. The highest BCUT2D eigenvalue weighted by atomic mass is 16.5. The average molecular weight is 317 g/mol. The van der Waals surface area contributed by atoms with Crippen LogP contribution in [0.1, 0.15) is 47.1 Å². The molecule has 0 radical (unpaired) electrons. The zero-order valence-corrected chi connectivity index (χ0v) is 15.9. The lowest BCUT2D eigenvalue weighted by molar-refractivity contribution is 0.351. The maximum absolute atomic E-state index is 5.76. The molecule has 128 valence electrons. The SMILES string of the molecule is CO/C(=C(/CN=CC(C)(C)C)C(C)(C)C)c1cccc(OC)c1. The van der Waals surface area contributed by atoms with Crippen LogP contribution in [0.4, 0.5) is 0 Å². The van der Waals surface area contributed by atoms with Crippen molar-refractivity contribution in [2.45, 2.75) is 41.5 Å². The van der Waals surface area contributed by atoms with Crippen molar-refractivity contribution < 1.29 is 9.47 Å². The van der Waals surface area contributed by atoms with Crippen molar-refractivity contribution >= 4 is 12.0 Å². The van der Waals surface area contributed by atoms with Crippen molar-refractivity contribution in [3.05, 3.63) is 35.4 Å². The Morgan fingerprint density at radius 2 is 1.74 bits per heavy atom. The highest BCUT2D eigenvalue weighted by Gasteiger charge is 2.23. The van der Waals surface area contributed by atoms with E-state index in [1.165, 1.54) is 5.57 Å². The first kappa shape index (κ1) is 19.3. The predicted molar refractivity (Wildman–Crippen MR) is 99.2 cm³/mol. The number of hydrogen-bond donors (Lipinski definition) is 0. The minimum Gasteiger partial charge on any atom is -0.497 e. The normalized spacial score (nSPS) is 13.9. The molecule has 0 spiro atoms. The van der Waals surface area contributed by atoms with E-state index in [2.05, 4.69) is 46.5 Å². The summed E-state index contributed by atoms with van der Waals surface area (Å²) >= 11 is 0. The van der Waals surface area contributed by atoms with Crippen LogP contribution in [0.3, 0.4) is 0 Å². The first-order valence-electron chi connectivity index (χ1n) is 8.01. The second-order valence-corrected chi connectivity index (χ2v) is 7.83. The van der Waals surface area contributed by atoms with Crippen molar-refractivity contribution in [2.24, 2.45) is 15.8 Å². The number of hydrogen-bond acceptors (Lipinski definition) is 3. The molecule has 0 unspecified atom stereocenters. The molecule has 0 saturated heterocycles. The molecule has 1 aromatic carbocycles. The minimum atomic E-state index is -0.0381. The first-order valence-corrected chi connectivity index (χ1v) is 8.01. The van der Waals surface area contributed by atoms with E-state index in [4.69, 9.17) is 9.47 Å². The Morgan fingerprint density at radius 3 is 2.22 bits per heavy atom. The van der Waals surface area contributed by atoms with Gasteiger partial charge in [-0.05, 0) is 28.5 Å². The molecular formula is C20H31NO2. The second kappa shape index (κ2) is 7.67. The van der Waals surface area contributed by atoms with Crippen LogP contribution in [0, 0.1) is 10.8 Å². The molecule has 0 fully saturated rings. The summed E-state index contributed by atoms with van der Waals surface area (Å²) < 4.78 is 11.1. The molecule has 0 atom stereocenters. The zero-order valence-electron chi connectivity index (χ0n) is 15.9. The van der Waals surface area contributed by atoms with Crippen LogP contribution in [0.5, 0.6) is 5.75 Å². The van der Waals surface area contributed by atoms with Gasteiger partial charge in [-0.3, -0.25) is 4.99 Å². The summed E-state index contributed by atoms with van der Waals surface area (Å²) in [6.45, 7) is 13.6. The highest BCUT2D eigenvalue weighted by molar-refractivity contribution is 5.68. The predicted octanol–water partition coefficient (Wildman–Crippen LogP) is 5.22. The van der Waals surface area contributed by atoms with E-state index in [9.17, 15) is 0 Å². The molecule has 1 aromatic rings. The smallest absolute Gasteiger partial charge is 0.127 e. The molecule has 0 heterocycles. The van der Waals surface area contributed by atoms with Crippen LogP contribution in [0.2, 0.25) is 0 Å². The number of benzene rings is 1. The zero-order chi connectivity index (χ0) is 17.7. The fourth-order valence-corrected chi connectivity index (χ4v) is 2.24. The Morgan fingerprint density at radius 1 is 1.09 bits per heavy atom. The molecule has 23 heavy (non-hydrogen) atoms. The molecule has 0 amide bonds.